The highest BCUT2D eigenvalue weighted by Gasteiger charge is 2.16. The molecule has 6 heteroatoms. The van der Waals surface area contributed by atoms with Crippen LogP contribution in [0.3, 0.4) is 0 Å². The smallest absolute Gasteiger partial charge is 0.320 e. The molecule has 1 unspecified atom stereocenters. The van der Waals surface area contributed by atoms with Crippen LogP contribution in [0, 0.1) is 11.6 Å². The largest absolute Gasteiger partial charge is 0.490 e. The molecule has 106 valence electrons. The first-order chi connectivity index (χ1) is 9.06. The lowest BCUT2D eigenvalue weighted by molar-refractivity contribution is -0.139. The minimum absolute atomic E-state index is 0.00590. The molecule has 0 aliphatic rings. The van der Waals surface area contributed by atoms with Gasteiger partial charge in [0.1, 0.15) is 6.04 Å². The molecule has 0 aliphatic carbocycles. The van der Waals surface area contributed by atoms with E-state index >= 15 is 0 Å². The fourth-order valence-corrected chi connectivity index (χ4v) is 1.51. The minimum atomic E-state index is -1.06. The Labute approximate surface area is 110 Å². The number of ether oxygens (including phenoxy) is 1. The Morgan fingerprint density at radius 3 is 2.84 bits per heavy atom. The van der Waals surface area contributed by atoms with Crippen molar-refractivity contribution in [1.82, 2.24) is 5.32 Å². The minimum Gasteiger partial charge on any atom is -0.490 e. The summed E-state index contributed by atoms with van der Waals surface area (Å²) in [6.45, 7) is 2.49. The molecule has 0 amide bonds. The number of hydrogen-bond donors (Lipinski definition) is 2. The number of halogens is 2. The molecule has 1 aromatic rings. The van der Waals surface area contributed by atoms with E-state index in [-0.39, 0.29) is 18.8 Å². The molecule has 0 saturated carbocycles. The summed E-state index contributed by atoms with van der Waals surface area (Å²) >= 11 is 0. The molecule has 1 atom stereocenters. The lowest BCUT2D eigenvalue weighted by atomic mass is 10.2. The van der Waals surface area contributed by atoms with Crippen molar-refractivity contribution < 1.29 is 23.4 Å². The Morgan fingerprint density at radius 2 is 2.21 bits per heavy atom. The second kappa shape index (κ2) is 7.68. The van der Waals surface area contributed by atoms with Crippen LogP contribution in [0.4, 0.5) is 8.78 Å². The van der Waals surface area contributed by atoms with E-state index in [0.29, 0.717) is 6.54 Å². The van der Waals surface area contributed by atoms with Gasteiger partial charge in [-0.3, -0.25) is 4.79 Å². The van der Waals surface area contributed by atoms with Crippen molar-refractivity contribution in [2.45, 2.75) is 25.8 Å². The van der Waals surface area contributed by atoms with Gasteiger partial charge in [0.15, 0.2) is 11.6 Å². The molecule has 2 N–H and O–H groups in total. The summed E-state index contributed by atoms with van der Waals surface area (Å²) in [5, 5.41) is 11.8. The molecule has 0 bridgehead atoms. The average molecular weight is 273 g/mol. The maximum Gasteiger partial charge on any atom is 0.320 e. The number of carboxylic acid groups (broad SMARTS) is 1. The summed E-state index contributed by atoms with van der Waals surface area (Å²) < 4.78 is 31.2. The number of carbonyl (C=O) groups is 1. The van der Waals surface area contributed by atoms with Gasteiger partial charge in [-0.1, -0.05) is 13.0 Å². The molecule has 1 rings (SSSR count). The van der Waals surface area contributed by atoms with Crippen LogP contribution < -0.4 is 10.1 Å². The number of aliphatic carboxylic acids is 1. The van der Waals surface area contributed by atoms with E-state index in [2.05, 4.69) is 5.32 Å². The van der Waals surface area contributed by atoms with E-state index in [4.69, 9.17) is 9.84 Å². The lowest BCUT2D eigenvalue weighted by Crippen LogP contribution is -2.38. The maximum absolute atomic E-state index is 13.3. The summed E-state index contributed by atoms with van der Waals surface area (Å²) in [6.07, 6.45) is 0.981. The van der Waals surface area contributed by atoms with Crippen molar-refractivity contribution in [2.24, 2.45) is 0 Å². The Hall–Kier alpha value is -1.69. The highest BCUT2D eigenvalue weighted by atomic mass is 19.2. The van der Waals surface area contributed by atoms with Gasteiger partial charge in [0, 0.05) is 6.42 Å². The summed E-state index contributed by atoms with van der Waals surface area (Å²) in [6, 6.07) is 2.87. The topological polar surface area (TPSA) is 58.6 Å². The molecule has 0 fully saturated rings. The predicted octanol–water partition coefficient (Wildman–Crippen LogP) is 2.19. The molecular formula is C13H17F2NO3. The normalized spacial score (nSPS) is 12.2. The van der Waals surface area contributed by atoms with Crippen molar-refractivity contribution >= 4 is 5.97 Å². The molecular weight excluding hydrogens is 256 g/mol. The van der Waals surface area contributed by atoms with Gasteiger partial charge in [0.2, 0.25) is 5.82 Å². The Kier molecular flexibility index (Phi) is 6.21. The molecule has 0 saturated heterocycles. The van der Waals surface area contributed by atoms with Gasteiger partial charge < -0.3 is 15.2 Å². The molecule has 19 heavy (non-hydrogen) atoms. The molecule has 0 aliphatic heterocycles. The SMILES string of the molecule is CCCNC(CCOc1cccc(F)c1F)C(=O)O. The van der Waals surface area contributed by atoms with Crippen LogP contribution in [0.2, 0.25) is 0 Å². The van der Waals surface area contributed by atoms with Crippen molar-refractivity contribution in [3.05, 3.63) is 29.8 Å². The van der Waals surface area contributed by atoms with Gasteiger partial charge in [0.25, 0.3) is 0 Å². The van der Waals surface area contributed by atoms with Crippen LogP contribution >= 0.6 is 0 Å². The monoisotopic (exact) mass is 273 g/mol. The van der Waals surface area contributed by atoms with Gasteiger partial charge in [0.05, 0.1) is 6.61 Å². The van der Waals surface area contributed by atoms with Gasteiger partial charge in [-0.05, 0) is 25.1 Å². The zero-order chi connectivity index (χ0) is 14.3. The highest BCUT2D eigenvalue weighted by molar-refractivity contribution is 5.73. The molecule has 0 aromatic heterocycles. The van der Waals surface area contributed by atoms with Gasteiger partial charge in [-0.15, -0.1) is 0 Å². The van der Waals surface area contributed by atoms with Crippen LogP contribution in [0.5, 0.6) is 5.75 Å². The Bertz CT molecular complexity index is 426. The van der Waals surface area contributed by atoms with E-state index in [9.17, 15) is 13.6 Å². The van der Waals surface area contributed by atoms with Gasteiger partial charge in [-0.25, -0.2) is 4.39 Å². The molecule has 4 nitrogen and oxygen atoms in total. The molecule has 0 spiro atoms. The number of hydrogen-bond acceptors (Lipinski definition) is 3. The van der Waals surface area contributed by atoms with E-state index in [0.717, 1.165) is 12.5 Å². The maximum atomic E-state index is 13.3. The molecule has 0 heterocycles. The second-order valence-corrected chi connectivity index (χ2v) is 4.03. The Morgan fingerprint density at radius 1 is 1.47 bits per heavy atom. The predicted molar refractivity (Wildman–Crippen MR) is 66.2 cm³/mol. The van der Waals surface area contributed by atoms with Crippen molar-refractivity contribution in [3.8, 4) is 5.75 Å². The first-order valence-corrected chi connectivity index (χ1v) is 6.09. The number of nitrogens with one attached hydrogen (secondary N) is 1. The first kappa shape index (κ1) is 15.4. The average Bonchev–Trinajstić information content (AvgIpc) is 2.38. The summed E-state index contributed by atoms with van der Waals surface area (Å²) in [7, 11) is 0. The third-order valence-electron chi connectivity index (χ3n) is 2.52. The van der Waals surface area contributed by atoms with Crippen molar-refractivity contribution in [1.29, 1.82) is 0 Å². The van der Waals surface area contributed by atoms with Crippen LogP contribution in [0.15, 0.2) is 18.2 Å². The molecule has 1 aromatic carbocycles. The fraction of sp³-hybridized carbons (Fsp3) is 0.462. The second-order valence-electron chi connectivity index (χ2n) is 4.03. The Balaban J connectivity index is 2.47. The quantitative estimate of drug-likeness (QED) is 0.762. The fourth-order valence-electron chi connectivity index (χ4n) is 1.51. The van der Waals surface area contributed by atoms with Crippen LogP contribution in [-0.4, -0.2) is 30.3 Å². The van der Waals surface area contributed by atoms with Gasteiger partial charge in [-0.2, -0.15) is 4.39 Å². The highest BCUT2D eigenvalue weighted by Crippen LogP contribution is 2.19. The first-order valence-electron chi connectivity index (χ1n) is 6.09. The summed E-state index contributed by atoms with van der Waals surface area (Å²) in [5.74, 6) is -3.25. The third kappa shape index (κ3) is 4.82. The number of rotatable bonds is 8. The zero-order valence-corrected chi connectivity index (χ0v) is 10.7. The van der Waals surface area contributed by atoms with Crippen molar-refractivity contribution in [3.63, 3.8) is 0 Å². The van der Waals surface area contributed by atoms with E-state index in [1.807, 2.05) is 6.92 Å². The van der Waals surface area contributed by atoms with Crippen LogP contribution in [0.1, 0.15) is 19.8 Å². The van der Waals surface area contributed by atoms with Crippen molar-refractivity contribution in [2.75, 3.05) is 13.2 Å². The number of carboxylic acids is 1. The lowest BCUT2D eigenvalue weighted by Gasteiger charge is -2.14. The summed E-state index contributed by atoms with van der Waals surface area (Å²) in [4.78, 5) is 10.9. The van der Waals surface area contributed by atoms with Crippen LogP contribution in [0.25, 0.3) is 0 Å². The third-order valence-corrected chi connectivity index (χ3v) is 2.52. The molecule has 0 radical (unpaired) electrons. The van der Waals surface area contributed by atoms with E-state index in [1.54, 1.807) is 0 Å². The summed E-state index contributed by atoms with van der Waals surface area (Å²) in [5.41, 5.74) is 0. The van der Waals surface area contributed by atoms with Crippen LogP contribution in [-0.2, 0) is 4.79 Å². The van der Waals surface area contributed by atoms with E-state index in [1.165, 1.54) is 12.1 Å². The standard InChI is InChI=1S/C13H17F2NO3/c1-2-7-16-10(13(17)18)6-8-19-11-5-3-4-9(14)12(11)15/h3-5,10,16H,2,6-8H2,1H3,(H,17,18). The van der Waals surface area contributed by atoms with Gasteiger partial charge >= 0.3 is 5.97 Å². The zero-order valence-electron chi connectivity index (χ0n) is 10.7. The number of benzene rings is 1. The van der Waals surface area contributed by atoms with E-state index < -0.39 is 23.6 Å².